The van der Waals surface area contributed by atoms with Gasteiger partial charge in [0.15, 0.2) is 0 Å². The zero-order chi connectivity index (χ0) is 21.9. The molecule has 4 nitrogen and oxygen atoms in total. The third-order valence-corrected chi connectivity index (χ3v) is 5.87. The van der Waals surface area contributed by atoms with Crippen molar-refractivity contribution in [2.45, 2.75) is 45.0 Å². The van der Waals surface area contributed by atoms with E-state index in [0.717, 1.165) is 24.0 Å². The number of carbonyl (C=O) groups is 2. The van der Waals surface area contributed by atoms with Gasteiger partial charge in [-0.2, -0.15) is 0 Å². The maximum atomic E-state index is 13.0. The molecule has 2 amide bonds. The van der Waals surface area contributed by atoms with Gasteiger partial charge in [0.1, 0.15) is 11.9 Å². The van der Waals surface area contributed by atoms with Gasteiger partial charge in [-0.25, -0.2) is 4.39 Å². The van der Waals surface area contributed by atoms with Crippen molar-refractivity contribution in [3.63, 3.8) is 0 Å². The van der Waals surface area contributed by atoms with Crippen molar-refractivity contribution in [3.8, 4) is 0 Å². The maximum absolute atomic E-state index is 13.0. The third-order valence-electron chi connectivity index (χ3n) is 4.65. The monoisotopic (exact) mass is 450 g/mol. The van der Waals surface area contributed by atoms with E-state index in [1.807, 2.05) is 12.1 Å². The standard InChI is InChI=1S/C23H28ClFN2O2S/c1-3-4-12-26-23(29)17(2)27(14-19-6-5-7-20(24)13-19)22(28)16-30-15-18-8-10-21(25)11-9-18/h5-11,13,17H,3-4,12,14-16H2,1-2H3,(H,26,29)/t17-/m0/s1. The number of nitrogens with one attached hydrogen (secondary N) is 1. The van der Waals surface area contributed by atoms with Gasteiger partial charge < -0.3 is 10.2 Å². The van der Waals surface area contributed by atoms with Crippen LogP contribution in [0.15, 0.2) is 48.5 Å². The third kappa shape index (κ3) is 8.00. The Labute approximate surface area is 187 Å². The predicted molar refractivity (Wildman–Crippen MR) is 122 cm³/mol. The SMILES string of the molecule is CCCCNC(=O)[C@H](C)N(Cc1cccc(Cl)c1)C(=O)CSCc1ccc(F)cc1. The quantitative estimate of drug-likeness (QED) is 0.487. The lowest BCUT2D eigenvalue weighted by Crippen LogP contribution is -2.48. The first kappa shape index (κ1) is 24.2. The summed E-state index contributed by atoms with van der Waals surface area (Å²) in [6.45, 7) is 4.70. The molecule has 0 spiro atoms. The summed E-state index contributed by atoms with van der Waals surface area (Å²) in [4.78, 5) is 27.1. The lowest BCUT2D eigenvalue weighted by atomic mass is 10.1. The fraction of sp³-hybridized carbons (Fsp3) is 0.391. The van der Waals surface area contributed by atoms with Crippen molar-refractivity contribution in [2.75, 3.05) is 12.3 Å². The van der Waals surface area contributed by atoms with Crippen molar-refractivity contribution in [1.29, 1.82) is 0 Å². The highest BCUT2D eigenvalue weighted by molar-refractivity contribution is 7.99. The molecule has 30 heavy (non-hydrogen) atoms. The van der Waals surface area contributed by atoms with Crippen LogP contribution in [-0.4, -0.2) is 35.1 Å². The zero-order valence-electron chi connectivity index (χ0n) is 17.4. The van der Waals surface area contributed by atoms with E-state index in [4.69, 9.17) is 11.6 Å². The largest absolute Gasteiger partial charge is 0.354 e. The molecule has 0 radical (unpaired) electrons. The van der Waals surface area contributed by atoms with Crippen LogP contribution in [0.3, 0.4) is 0 Å². The summed E-state index contributed by atoms with van der Waals surface area (Å²) in [6.07, 6.45) is 1.88. The minimum atomic E-state index is -0.597. The molecule has 0 aliphatic heterocycles. The van der Waals surface area contributed by atoms with Crippen LogP contribution in [0.5, 0.6) is 0 Å². The fourth-order valence-corrected chi connectivity index (χ4v) is 3.95. The average molecular weight is 451 g/mol. The molecule has 7 heteroatoms. The molecule has 1 N–H and O–H groups in total. The normalized spacial score (nSPS) is 11.7. The molecule has 0 heterocycles. The highest BCUT2D eigenvalue weighted by atomic mass is 35.5. The van der Waals surface area contributed by atoms with E-state index >= 15 is 0 Å². The second-order valence-corrected chi connectivity index (χ2v) is 8.51. The van der Waals surface area contributed by atoms with Gasteiger partial charge in [-0.15, -0.1) is 11.8 Å². The predicted octanol–water partition coefficient (Wildman–Crippen LogP) is 5.05. The van der Waals surface area contributed by atoms with E-state index < -0.39 is 6.04 Å². The molecule has 2 rings (SSSR count). The van der Waals surface area contributed by atoms with Gasteiger partial charge >= 0.3 is 0 Å². The lowest BCUT2D eigenvalue weighted by molar-refractivity contribution is -0.138. The molecule has 0 unspecified atom stereocenters. The van der Waals surface area contributed by atoms with Crippen LogP contribution in [0, 0.1) is 5.82 Å². The van der Waals surface area contributed by atoms with Crippen LogP contribution in [0.1, 0.15) is 37.8 Å². The number of unbranched alkanes of at least 4 members (excludes halogenated alkanes) is 1. The number of rotatable bonds is 11. The summed E-state index contributed by atoms with van der Waals surface area (Å²) in [7, 11) is 0. The Morgan fingerprint density at radius 2 is 1.90 bits per heavy atom. The number of thioether (sulfide) groups is 1. The van der Waals surface area contributed by atoms with Gasteiger partial charge in [0.2, 0.25) is 11.8 Å². The Kier molecular flexibility index (Phi) is 10.2. The Morgan fingerprint density at radius 3 is 2.57 bits per heavy atom. The highest BCUT2D eigenvalue weighted by Crippen LogP contribution is 2.18. The topological polar surface area (TPSA) is 49.4 Å². The van der Waals surface area contributed by atoms with E-state index in [2.05, 4.69) is 12.2 Å². The number of carbonyl (C=O) groups excluding carboxylic acids is 2. The highest BCUT2D eigenvalue weighted by Gasteiger charge is 2.25. The van der Waals surface area contributed by atoms with Crippen molar-refractivity contribution in [1.82, 2.24) is 10.2 Å². The van der Waals surface area contributed by atoms with E-state index in [1.165, 1.54) is 23.9 Å². The fourth-order valence-electron chi connectivity index (χ4n) is 2.87. The smallest absolute Gasteiger partial charge is 0.242 e. The Balaban J connectivity index is 2.03. The minimum Gasteiger partial charge on any atom is -0.354 e. The van der Waals surface area contributed by atoms with Crippen LogP contribution < -0.4 is 5.32 Å². The molecule has 0 saturated heterocycles. The number of hydrogen-bond donors (Lipinski definition) is 1. The molecule has 0 saturated carbocycles. The zero-order valence-corrected chi connectivity index (χ0v) is 18.9. The second-order valence-electron chi connectivity index (χ2n) is 7.09. The van der Waals surface area contributed by atoms with Crippen LogP contribution in [0.2, 0.25) is 5.02 Å². The van der Waals surface area contributed by atoms with E-state index in [1.54, 1.807) is 36.1 Å². The molecular formula is C23H28ClFN2O2S. The summed E-state index contributed by atoms with van der Waals surface area (Å²) < 4.78 is 13.0. The Hall–Kier alpha value is -2.05. The molecule has 1 atom stereocenters. The maximum Gasteiger partial charge on any atom is 0.242 e. The number of hydrogen-bond acceptors (Lipinski definition) is 3. The molecule has 0 aromatic heterocycles. The van der Waals surface area contributed by atoms with E-state index in [-0.39, 0.29) is 23.4 Å². The van der Waals surface area contributed by atoms with Crippen molar-refractivity contribution in [2.24, 2.45) is 0 Å². The van der Waals surface area contributed by atoms with Gasteiger partial charge in [-0.05, 0) is 48.7 Å². The van der Waals surface area contributed by atoms with E-state index in [9.17, 15) is 14.0 Å². The summed E-state index contributed by atoms with van der Waals surface area (Å²) >= 11 is 7.53. The number of amides is 2. The lowest BCUT2D eigenvalue weighted by Gasteiger charge is -2.29. The first-order valence-corrected chi connectivity index (χ1v) is 11.6. The van der Waals surface area contributed by atoms with Gasteiger partial charge in [0.05, 0.1) is 5.75 Å². The number of benzene rings is 2. The molecule has 2 aromatic rings. The van der Waals surface area contributed by atoms with Gasteiger partial charge in [-0.3, -0.25) is 9.59 Å². The summed E-state index contributed by atoms with van der Waals surface area (Å²) in [5.74, 6) is 0.247. The van der Waals surface area contributed by atoms with Crippen LogP contribution in [0.4, 0.5) is 4.39 Å². The van der Waals surface area contributed by atoms with Crippen LogP contribution in [0.25, 0.3) is 0 Å². The number of halogens is 2. The van der Waals surface area contributed by atoms with Gasteiger partial charge in [0.25, 0.3) is 0 Å². The van der Waals surface area contributed by atoms with Gasteiger partial charge in [0, 0.05) is 23.9 Å². The Morgan fingerprint density at radius 1 is 1.17 bits per heavy atom. The number of nitrogens with zero attached hydrogens (tertiary/aromatic N) is 1. The molecule has 0 bridgehead atoms. The minimum absolute atomic E-state index is 0.125. The second kappa shape index (κ2) is 12.6. The summed E-state index contributed by atoms with van der Waals surface area (Å²) in [5, 5.41) is 3.49. The van der Waals surface area contributed by atoms with Crippen LogP contribution in [-0.2, 0) is 21.9 Å². The average Bonchev–Trinajstić information content (AvgIpc) is 2.73. The molecular weight excluding hydrogens is 423 g/mol. The molecule has 0 aliphatic carbocycles. The Bertz CT molecular complexity index is 832. The van der Waals surface area contributed by atoms with Gasteiger partial charge in [-0.1, -0.05) is 49.2 Å². The molecule has 162 valence electrons. The van der Waals surface area contributed by atoms with Crippen molar-refractivity contribution in [3.05, 3.63) is 70.5 Å². The summed E-state index contributed by atoms with van der Waals surface area (Å²) in [6, 6.07) is 12.9. The van der Waals surface area contributed by atoms with E-state index in [0.29, 0.717) is 23.9 Å². The first-order valence-electron chi connectivity index (χ1n) is 10.0. The summed E-state index contributed by atoms with van der Waals surface area (Å²) in [5.41, 5.74) is 1.81. The first-order chi connectivity index (χ1) is 14.4. The van der Waals surface area contributed by atoms with Crippen molar-refractivity contribution >= 4 is 35.2 Å². The molecule has 0 aliphatic rings. The van der Waals surface area contributed by atoms with Crippen LogP contribution >= 0.6 is 23.4 Å². The van der Waals surface area contributed by atoms with Crippen molar-refractivity contribution < 1.29 is 14.0 Å². The molecule has 0 fully saturated rings. The molecule has 2 aromatic carbocycles.